The van der Waals surface area contributed by atoms with Gasteiger partial charge in [-0.25, -0.2) is 8.42 Å². The second-order valence-corrected chi connectivity index (χ2v) is 7.75. The molecule has 1 aliphatic carbocycles. The maximum atomic E-state index is 11.2. The van der Waals surface area contributed by atoms with Gasteiger partial charge in [0.1, 0.15) is 9.84 Å². The van der Waals surface area contributed by atoms with Crippen LogP contribution in [-0.2, 0) is 9.84 Å². The summed E-state index contributed by atoms with van der Waals surface area (Å²) >= 11 is 0. The average molecular weight is 263 g/mol. The Labute approximate surface area is 105 Å². The van der Waals surface area contributed by atoms with Crippen molar-refractivity contribution in [3.8, 4) is 0 Å². The molecule has 0 bridgehead atoms. The van der Waals surface area contributed by atoms with E-state index in [4.69, 9.17) is 0 Å². The van der Waals surface area contributed by atoms with Crippen LogP contribution in [0, 0.1) is 0 Å². The van der Waals surface area contributed by atoms with Crippen molar-refractivity contribution >= 4 is 9.84 Å². The summed E-state index contributed by atoms with van der Waals surface area (Å²) in [7, 11) is 0.973. The predicted octanol–water partition coefficient (Wildman–Crippen LogP) is 1.05. The summed E-state index contributed by atoms with van der Waals surface area (Å²) in [4.78, 5) is 2.08. The number of hydrogen-bond acceptors (Lipinski definition) is 4. The maximum Gasteiger partial charge on any atom is 0.147 e. The zero-order valence-electron chi connectivity index (χ0n) is 11.1. The molecule has 1 rings (SSSR count). The van der Waals surface area contributed by atoms with Gasteiger partial charge in [0, 0.05) is 11.8 Å². The molecule has 0 radical (unpaired) electrons. The largest absolute Gasteiger partial charge is 0.391 e. The van der Waals surface area contributed by atoms with E-state index in [1.807, 2.05) is 14.1 Å². The van der Waals surface area contributed by atoms with Crippen molar-refractivity contribution in [1.29, 1.82) is 0 Å². The third kappa shape index (κ3) is 3.93. The molecule has 0 aromatic carbocycles. The first-order valence-electron chi connectivity index (χ1n) is 6.31. The van der Waals surface area contributed by atoms with E-state index in [9.17, 15) is 13.5 Å². The highest BCUT2D eigenvalue weighted by Gasteiger charge is 2.40. The van der Waals surface area contributed by atoms with E-state index in [-0.39, 0.29) is 11.3 Å². The van der Waals surface area contributed by atoms with Gasteiger partial charge in [0.25, 0.3) is 0 Å². The van der Waals surface area contributed by atoms with Gasteiger partial charge in [0.15, 0.2) is 0 Å². The quantitative estimate of drug-likeness (QED) is 0.805. The van der Waals surface area contributed by atoms with Gasteiger partial charge >= 0.3 is 0 Å². The van der Waals surface area contributed by atoms with Crippen molar-refractivity contribution in [1.82, 2.24) is 4.90 Å². The molecule has 4 nitrogen and oxygen atoms in total. The number of aliphatic hydroxyl groups excluding tert-OH is 1. The highest BCUT2D eigenvalue weighted by atomic mass is 32.2. The normalized spacial score (nSPS) is 22.6. The van der Waals surface area contributed by atoms with E-state index in [1.165, 1.54) is 12.7 Å². The number of nitrogens with zero attached hydrogens (tertiary/aromatic N) is 1. The van der Waals surface area contributed by atoms with Gasteiger partial charge in [-0.3, -0.25) is 0 Å². The minimum absolute atomic E-state index is 0.0732. The first-order chi connectivity index (χ1) is 7.78. The third-order valence-electron chi connectivity index (χ3n) is 3.99. The highest BCUT2D eigenvalue weighted by molar-refractivity contribution is 7.90. The van der Waals surface area contributed by atoms with Crippen LogP contribution in [0.15, 0.2) is 0 Å². The fourth-order valence-corrected chi connectivity index (χ4v) is 3.49. The van der Waals surface area contributed by atoms with Gasteiger partial charge in [0.2, 0.25) is 0 Å². The number of aliphatic hydroxyl groups is 1. The summed E-state index contributed by atoms with van der Waals surface area (Å²) in [6.45, 7) is 0. The molecule has 0 aromatic rings. The van der Waals surface area contributed by atoms with Crippen LogP contribution in [0.3, 0.4) is 0 Å². The van der Waals surface area contributed by atoms with Crippen molar-refractivity contribution in [2.75, 3.05) is 26.1 Å². The average Bonchev–Trinajstić information content (AvgIpc) is 2.25. The van der Waals surface area contributed by atoms with Crippen molar-refractivity contribution in [3.05, 3.63) is 0 Å². The fourth-order valence-electron chi connectivity index (χ4n) is 2.84. The lowest BCUT2D eigenvalue weighted by atomic mass is 9.76. The first kappa shape index (κ1) is 14.9. The van der Waals surface area contributed by atoms with Gasteiger partial charge < -0.3 is 10.0 Å². The molecule has 1 unspecified atom stereocenters. The minimum Gasteiger partial charge on any atom is -0.391 e. The van der Waals surface area contributed by atoms with Crippen LogP contribution < -0.4 is 0 Å². The Kier molecular flexibility index (Phi) is 4.98. The van der Waals surface area contributed by atoms with Gasteiger partial charge in [-0.2, -0.15) is 0 Å². The minimum atomic E-state index is -2.99. The van der Waals surface area contributed by atoms with E-state index in [1.54, 1.807) is 0 Å². The van der Waals surface area contributed by atoms with Crippen LogP contribution >= 0.6 is 0 Å². The Morgan fingerprint density at radius 1 is 1.24 bits per heavy atom. The summed E-state index contributed by atoms with van der Waals surface area (Å²) in [6, 6.07) is 0. The molecule has 0 heterocycles. The lowest BCUT2D eigenvalue weighted by Crippen LogP contribution is -2.55. The smallest absolute Gasteiger partial charge is 0.147 e. The molecular formula is C12H25NO3S. The number of hydrogen-bond donors (Lipinski definition) is 1. The van der Waals surface area contributed by atoms with Crippen molar-refractivity contribution < 1.29 is 13.5 Å². The topological polar surface area (TPSA) is 57.6 Å². The molecule has 0 saturated heterocycles. The van der Waals surface area contributed by atoms with Gasteiger partial charge in [-0.05, 0) is 33.4 Å². The summed E-state index contributed by atoms with van der Waals surface area (Å²) < 4.78 is 22.3. The van der Waals surface area contributed by atoms with Crippen LogP contribution in [0.25, 0.3) is 0 Å². The van der Waals surface area contributed by atoms with Crippen LogP contribution in [0.2, 0.25) is 0 Å². The van der Waals surface area contributed by atoms with Gasteiger partial charge in [-0.15, -0.1) is 0 Å². The van der Waals surface area contributed by atoms with E-state index in [0.29, 0.717) is 6.42 Å². The lowest BCUT2D eigenvalue weighted by Gasteiger charge is -2.46. The van der Waals surface area contributed by atoms with Crippen molar-refractivity contribution in [2.45, 2.75) is 50.2 Å². The monoisotopic (exact) mass is 263 g/mol. The van der Waals surface area contributed by atoms with Crippen LogP contribution in [0.4, 0.5) is 0 Å². The van der Waals surface area contributed by atoms with Crippen LogP contribution in [-0.4, -0.2) is 56.2 Å². The SMILES string of the molecule is CN(C)C1(C(O)CCS(C)(=O)=O)CCCCC1. The third-order valence-corrected chi connectivity index (χ3v) is 4.97. The van der Waals surface area contributed by atoms with Gasteiger partial charge in [-0.1, -0.05) is 19.3 Å². The molecule has 0 aromatic heterocycles. The Morgan fingerprint density at radius 2 is 1.76 bits per heavy atom. The molecule has 1 atom stereocenters. The molecule has 1 N–H and O–H groups in total. The zero-order chi connectivity index (χ0) is 13.1. The fraction of sp³-hybridized carbons (Fsp3) is 1.00. The summed E-state index contributed by atoms with van der Waals surface area (Å²) in [5.74, 6) is 0.0732. The Morgan fingerprint density at radius 3 is 2.18 bits per heavy atom. The Balaban J connectivity index is 2.70. The molecule has 1 aliphatic rings. The molecule has 5 heteroatoms. The second-order valence-electron chi connectivity index (χ2n) is 5.49. The molecule has 1 fully saturated rings. The predicted molar refractivity (Wildman–Crippen MR) is 69.8 cm³/mol. The molecule has 102 valence electrons. The highest BCUT2D eigenvalue weighted by Crippen LogP contribution is 2.36. The first-order valence-corrected chi connectivity index (χ1v) is 8.37. The maximum absolute atomic E-state index is 11.2. The lowest BCUT2D eigenvalue weighted by molar-refractivity contribution is -0.0326. The summed E-state index contributed by atoms with van der Waals surface area (Å²) in [5, 5.41) is 10.4. The van der Waals surface area contributed by atoms with E-state index >= 15 is 0 Å². The van der Waals surface area contributed by atoms with Crippen molar-refractivity contribution in [3.63, 3.8) is 0 Å². The number of likely N-dealkylation sites (N-methyl/N-ethyl adjacent to an activating group) is 1. The molecule has 0 spiro atoms. The summed E-state index contributed by atoms with van der Waals surface area (Å²) in [6.07, 6.45) is 6.40. The van der Waals surface area contributed by atoms with Crippen LogP contribution in [0.5, 0.6) is 0 Å². The number of rotatable bonds is 5. The van der Waals surface area contributed by atoms with E-state index in [2.05, 4.69) is 4.90 Å². The van der Waals surface area contributed by atoms with Crippen molar-refractivity contribution in [2.24, 2.45) is 0 Å². The zero-order valence-corrected chi connectivity index (χ0v) is 12.0. The van der Waals surface area contributed by atoms with Crippen LogP contribution in [0.1, 0.15) is 38.5 Å². The van der Waals surface area contributed by atoms with E-state index in [0.717, 1.165) is 25.7 Å². The molecule has 0 aliphatic heterocycles. The molecular weight excluding hydrogens is 238 g/mol. The standard InChI is InChI=1S/C12H25NO3S/c1-13(2)12(8-5-4-6-9-12)11(14)7-10-17(3,15)16/h11,14H,4-10H2,1-3H3. The Bertz CT molecular complexity index is 332. The summed E-state index contributed by atoms with van der Waals surface area (Å²) in [5.41, 5.74) is -0.219. The molecule has 17 heavy (non-hydrogen) atoms. The van der Waals surface area contributed by atoms with E-state index < -0.39 is 15.9 Å². The number of sulfone groups is 1. The second kappa shape index (κ2) is 5.67. The molecule has 0 amide bonds. The van der Waals surface area contributed by atoms with Gasteiger partial charge in [0.05, 0.1) is 11.9 Å². The Hall–Kier alpha value is -0.130. The molecule has 1 saturated carbocycles.